The Morgan fingerprint density at radius 2 is 2.11 bits per heavy atom. The summed E-state index contributed by atoms with van der Waals surface area (Å²) in [4.78, 5) is 4.44. The molecular formula is C16H23N3. The summed E-state index contributed by atoms with van der Waals surface area (Å²) in [5.74, 6) is 1.11. The number of aromatic nitrogens is 2. The highest BCUT2D eigenvalue weighted by atomic mass is 15.1. The van der Waals surface area contributed by atoms with E-state index in [1.807, 2.05) is 6.20 Å². The molecule has 1 aromatic carbocycles. The highest BCUT2D eigenvalue weighted by Crippen LogP contribution is 2.13. The Balaban J connectivity index is 2.10. The van der Waals surface area contributed by atoms with Crippen LogP contribution in [-0.2, 0) is 13.1 Å². The summed E-state index contributed by atoms with van der Waals surface area (Å²) in [5.41, 5.74) is 4.02. The van der Waals surface area contributed by atoms with Crippen molar-refractivity contribution in [2.45, 2.75) is 40.3 Å². The van der Waals surface area contributed by atoms with Crippen LogP contribution in [0, 0.1) is 13.8 Å². The second kappa shape index (κ2) is 6.53. The van der Waals surface area contributed by atoms with Crippen LogP contribution in [0.3, 0.4) is 0 Å². The quantitative estimate of drug-likeness (QED) is 0.806. The van der Waals surface area contributed by atoms with Gasteiger partial charge in [0.05, 0.1) is 6.54 Å². The molecular weight excluding hydrogens is 234 g/mol. The van der Waals surface area contributed by atoms with Crippen molar-refractivity contribution < 1.29 is 0 Å². The lowest BCUT2D eigenvalue weighted by Crippen LogP contribution is -2.18. The van der Waals surface area contributed by atoms with E-state index in [9.17, 15) is 0 Å². The van der Waals surface area contributed by atoms with Crippen molar-refractivity contribution in [1.82, 2.24) is 14.9 Å². The minimum Gasteiger partial charge on any atom is -0.329 e. The van der Waals surface area contributed by atoms with E-state index in [1.165, 1.54) is 16.7 Å². The molecule has 0 atom stereocenters. The zero-order chi connectivity index (χ0) is 13.7. The van der Waals surface area contributed by atoms with Crippen molar-refractivity contribution in [2.75, 3.05) is 6.54 Å². The molecule has 102 valence electrons. The maximum atomic E-state index is 4.44. The topological polar surface area (TPSA) is 29.9 Å². The fourth-order valence-corrected chi connectivity index (χ4v) is 2.18. The normalized spacial score (nSPS) is 10.9. The molecule has 2 rings (SSSR count). The fourth-order valence-electron chi connectivity index (χ4n) is 2.18. The van der Waals surface area contributed by atoms with Crippen LogP contribution >= 0.6 is 0 Å². The van der Waals surface area contributed by atoms with E-state index < -0.39 is 0 Å². The molecule has 3 nitrogen and oxygen atoms in total. The fraction of sp³-hybridized carbons (Fsp3) is 0.438. The van der Waals surface area contributed by atoms with Gasteiger partial charge >= 0.3 is 0 Å². The van der Waals surface area contributed by atoms with Gasteiger partial charge in [-0.15, -0.1) is 0 Å². The third-order valence-electron chi connectivity index (χ3n) is 3.36. The average Bonchev–Trinajstić information content (AvgIpc) is 2.82. The molecule has 0 unspecified atom stereocenters. The van der Waals surface area contributed by atoms with E-state index >= 15 is 0 Å². The first-order valence-electron chi connectivity index (χ1n) is 6.97. The highest BCUT2D eigenvalue weighted by Gasteiger charge is 2.05. The first-order chi connectivity index (χ1) is 9.20. The van der Waals surface area contributed by atoms with Crippen LogP contribution in [0.15, 0.2) is 30.6 Å². The molecule has 1 N–H and O–H groups in total. The molecule has 0 aliphatic carbocycles. The number of benzene rings is 1. The minimum absolute atomic E-state index is 0.839. The Hall–Kier alpha value is -1.61. The molecule has 19 heavy (non-hydrogen) atoms. The molecule has 0 amide bonds. The van der Waals surface area contributed by atoms with Crippen molar-refractivity contribution in [3.05, 3.63) is 53.1 Å². The number of aryl methyl sites for hydroxylation is 2. The van der Waals surface area contributed by atoms with Crippen molar-refractivity contribution in [2.24, 2.45) is 0 Å². The molecule has 1 aromatic heterocycles. The molecule has 1 heterocycles. The molecule has 3 heteroatoms. The minimum atomic E-state index is 0.839. The van der Waals surface area contributed by atoms with Gasteiger partial charge in [0.25, 0.3) is 0 Å². The Bertz CT molecular complexity index is 529. The first kappa shape index (κ1) is 13.8. The molecule has 0 spiro atoms. The summed E-state index contributed by atoms with van der Waals surface area (Å²) >= 11 is 0. The van der Waals surface area contributed by atoms with Gasteiger partial charge in [-0.25, -0.2) is 4.98 Å². The van der Waals surface area contributed by atoms with Gasteiger partial charge in [-0.05, 0) is 37.9 Å². The zero-order valence-electron chi connectivity index (χ0n) is 12.1. The molecule has 0 saturated heterocycles. The van der Waals surface area contributed by atoms with Gasteiger partial charge in [-0.1, -0.05) is 30.7 Å². The summed E-state index contributed by atoms with van der Waals surface area (Å²) in [6.07, 6.45) is 5.09. The smallest absolute Gasteiger partial charge is 0.122 e. The number of nitrogens with one attached hydrogen (secondary N) is 1. The Morgan fingerprint density at radius 3 is 2.89 bits per heavy atom. The summed E-state index contributed by atoms with van der Waals surface area (Å²) < 4.78 is 2.23. The second-order valence-corrected chi connectivity index (χ2v) is 5.08. The SMILES string of the molecule is CCCNCc1nccn1Cc1cc(C)ccc1C. The average molecular weight is 257 g/mol. The van der Waals surface area contributed by atoms with E-state index in [-0.39, 0.29) is 0 Å². The van der Waals surface area contributed by atoms with Crippen molar-refractivity contribution in [3.63, 3.8) is 0 Å². The van der Waals surface area contributed by atoms with Gasteiger partial charge in [0.2, 0.25) is 0 Å². The zero-order valence-corrected chi connectivity index (χ0v) is 12.1. The van der Waals surface area contributed by atoms with Crippen LogP contribution in [0.25, 0.3) is 0 Å². The molecule has 0 fully saturated rings. The van der Waals surface area contributed by atoms with Crippen molar-refractivity contribution in [3.8, 4) is 0 Å². The monoisotopic (exact) mass is 257 g/mol. The van der Waals surface area contributed by atoms with Gasteiger partial charge in [-0.3, -0.25) is 0 Å². The second-order valence-electron chi connectivity index (χ2n) is 5.08. The molecule has 0 saturated carbocycles. The van der Waals surface area contributed by atoms with E-state index in [0.29, 0.717) is 0 Å². The standard InChI is InChI=1S/C16H23N3/c1-4-7-17-11-16-18-8-9-19(16)12-15-10-13(2)5-6-14(15)3/h5-6,8-10,17H,4,7,11-12H2,1-3H3. The van der Waals surface area contributed by atoms with Crippen LogP contribution in [-0.4, -0.2) is 16.1 Å². The van der Waals surface area contributed by atoms with Gasteiger partial charge in [0.1, 0.15) is 5.82 Å². The van der Waals surface area contributed by atoms with Gasteiger partial charge in [-0.2, -0.15) is 0 Å². The number of rotatable bonds is 6. The first-order valence-corrected chi connectivity index (χ1v) is 6.97. The lowest BCUT2D eigenvalue weighted by atomic mass is 10.1. The summed E-state index contributed by atoms with van der Waals surface area (Å²) in [6, 6.07) is 6.62. The largest absolute Gasteiger partial charge is 0.329 e. The molecule has 0 radical (unpaired) electrons. The Morgan fingerprint density at radius 1 is 1.26 bits per heavy atom. The van der Waals surface area contributed by atoms with E-state index in [1.54, 1.807) is 0 Å². The summed E-state index contributed by atoms with van der Waals surface area (Å²) in [7, 11) is 0. The maximum absolute atomic E-state index is 4.44. The third-order valence-corrected chi connectivity index (χ3v) is 3.36. The van der Waals surface area contributed by atoms with Crippen LogP contribution in [0.1, 0.15) is 35.9 Å². The number of nitrogens with zero attached hydrogens (tertiary/aromatic N) is 2. The van der Waals surface area contributed by atoms with E-state index in [4.69, 9.17) is 0 Å². The molecule has 0 aliphatic heterocycles. The molecule has 2 aromatic rings. The number of hydrogen-bond acceptors (Lipinski definition) is 2. The van der Waals surface area contributed by atoms with Gasteiger partial charge < -0.3 is 9.88 Å². The predicted molar refractivity (Wildman–Crippen MR) is 79.2 cm³/mol. The molecule has 0 aliphatic rings. The van der Waals surface area contributed by atoms with Gasteiger partial charge in [0.15, 0.2) is 0 Å². The Labute approximate surface area is 115 Å². The van der Waals surface area contributed by atoms with Crippen LogP contribution in [0.4, 0.5) is 0 Å². The maximum Gasteiger partial charge on any atom is 0.122 e. The summed E-state index contributed by atoms with van der Waals surface area (Å²) in [6.45, 7) is 9.26. The van der Waals surface area contributed by atoms with E-state index in [0.717, 1.165) is 31.9 Å². The van der Waals surface area contributed by atoms with Crippen LogP contribution in [0.5, 0.6) is 0 Å². The predicted octanol–water partition coefficient (Wildman–Crippen LogP) is 3.05. The number of hydrogen-bond donors (Lipinski definition) is 1. The number of imidazole rings is 1. The highest BCUT2D eigenvalue weighted by molar-refractivity contribution is 5.30. The van der Waals surface area contributed by atoms with Crippen molar-refractivity contribution in [1.29, 1.82) is 0 Å². The van der Waals surface area contributed by atoms with Crippen LogP contribution in [0.2, 0.25) is 0 Å². The lowest BCUT2D eigenvalue weighted by molar-refractivity contribution is 0.615. The van der Waals surface area contributed by atoms with Crippen molar-refractivity contribution >= 4 is 0 Å². The van der Waals surface area contributed by atoms with Gasteiger partial charge in [0, 0.05) is 18.9 Å². The lowest BCUT2D eigenvalue weighted by Gasteiger charge is -2.11. The molecule has 0 bridgehead atoms. The third kappa shape index (κ3) is 3.67. The Kier molecular flexibility index (Phi) is 4.74. The summed E-state index contributed by atoms with van der Waals surface area (Å²) in [5, 5.41) is 3.41. The van der Waals surface area contributed by atoms with Crippen LogP contribution < -0.4 is 5.32 Å². The van der Waals surface area contributed by atoms with E-state index in [2.05, 4.69) is 60.0 Å².